The summed E-state index contributed by atoms with van der Waals surface area (Å²) in [6.45, 7) is 1.47. The van der Waals surface area contributed by atoms with Gasteiger partial charge in [0.15, 0.2) is 0 Å². The summed E-state index contributed by atoms with van der Waals surface area (Å²) >= 11 is 0. The topological polar surface area (TPSA) is 92.9 Å². The number of azide groups is 1. The molecule has 19 heavy (non-hydrogen) atoms. The quantitative estimate of drug-likeness (QED) is 0.468. The van der Waals surface area contributed by atoms with Gasteiger partial charge in [-0.1, -0.05) is 17.2 Å². The molecule has 1 aromatic rings. The van der Waals surface area contributed by atoms with Crippen LogP contribution in [0.1, 0.15) is 17.5 Å². The Kier molecular flexibility index (Phi) is 4.01. The Bertz CT molecular complexity index is 571. The molecule has 1 aliphatic heterocycles. The van der Waals surface area contributed by atoms with Crippen LogP contribution in [0, 0.1) is 17.2 Å². The number of benzene rings is 1. The van der Waals surface area contributed by atoms with Crippen LogP contribution < -0.4 is 0 Å². The van der Waals surface area contributed by atoms with E-state index in [2.05, 4.69) is 16.1 Å². The normalized spacial score (nSPS) is 17.9. The minimum atomic E-state index is 0.0699. The van der Waals surface area contributed by atoms with Crippen molar-refractivity contribution in [1.82, 2.24) is 4.90 Å². The number of amides is 1. The number of nitriles is 1. The zero-order valence-electron chi connectivity index (χ0n) is 10.4. The number of carbonyl (C=O) groups is 1. The van der Waals surface area contributed by atoms with E-state index in [4.69, 9.17) is 10.8 Å². The van der Waals surface area contributed by atoms with Crippen molar-refractivity contribution < 1.29 is 4.79 Å². The molecule has 1 aliphatic rings. The first kappa shape index (κ1) is 12.9. The van der Waals surface area contributed by atoms with Crippen LogP contribution in [0.2, 0.25) is 0 Å². The van der Waals surface area contributed by atoms with Crippen LogP contribution in [-0.4, -0.2) is 23.9 Å². The highest BCUT2D eigenvalue weighted by Crippen LogP contribution is 2.20. The SMILES string of the molecule is N#Cc1cccc(CN2CC(CN=[N+]=[N-])CC2=O)c1. The zero-order chi connectivity index (χ0) is 13.7. The Balaban J connectivity index is 2.01. The van der Waals surface area contributed by atoms with E-state index in [1.54, 1.807) is 17.0 Å². The first-order chi connectivity index (χ1) is 9.22. The molecule has 1 atom stereocenters. The van der Waals surface area contributed by atoms with Gasteiger partial charge in [-0.15, -0.1) is 0 Å². The first-order valence-electron chi connectivity index (χ1n) is 6.00. The molecule has 0 N–H and O–H groups in total. The van der Waals surface area contributed by atoms with Gasteiger partial charge in [0.1, 0.15) is 0 Å². The maximum atomic E-state index is 11.8. The predicted octanol–water partition coefficient (Wildman–Crippen LogP) is 2.22. The Labute approximate surface area is 110 Å². The molecular weight excluding hydrogens is 242 g/mol. The van der Waals surface area contributed by atoms with Gasteiger partial charge in [-0.05, 0) is 29.1 Å². The van der Waals surface area contributed by atoms with Crippen LogP contribution >= 0.6 is 0 Å². The van der Waals surface area contributed by atoms with Crippen LogP contribution in [0.25, 0.3) is 10.4 Å². The minimum absolute atomic E-state index is 0.0699. The molecular formula is C13H13N5O. The van der Waals surface area contributed by atoms with E-state index in [1.165, 1.54) is 0 Å². The third-order valence-electron chi connectivity index (χ3n) is 3.13. The van der Waals surface area contributed by atoms with Crippen molar-refractivity contribution in [2.75, 3.05) is 13.1 Å². The van der Waals surface area contributed by atoms with Gasteiger partial charge >= 0.3 is 0 Å². The van der Waals surface area contributed by atoms with Gasteiger partial charge in [0, 0.05) is 31.0 Å². The van der Waals surface area contributed by atoms with Crippen molar-refractivity contribution >= 4 is 5.91 Å². The molecule has 0 spiro atoms. The number of rotatable bonds is 4. The number of hydrogen-bond acceptors (Lipinski definition) is 3. The van der Waals surface area contributed by atoms with E-state index in [0.717, 1.165) is 5.56 Å². The molecule has 0 saturated carbocycles. The van der Waals surface area contributed by atoms with Crippen molar-refractivity contribution in [3.63, 3.8) is 0 Å². The van der Waals surface area contributed by atoms with Gasteiger partial charge in [0.25, 0.3) is 0 Å². The smallest absolute Gasteiger partial charge is 0.223 e. The number of hydrogen-bond donors (Lipinski definition) is 0. The second-order valence-electron chi connectivity index (χ2n) is 4.57. The molecule has 2 rings (SSSR count). The molecule has 0 aromatic heterocycles. The lowest BCUT2D eigenvalue weighted by molar-refractivity contribution is -0.128. The number of nitrogens with zero attached hydrogens (tertiary/aromatic N) is 5. The van der Waals surface area contributed by atoms with E-state index in [1.807, 2.05) is 12.1 Å². The summed E-state index contributed by atoms with van der Waals surface area (Å²) < 4.78 is 0. The highest BCUT2D eigenvalue weighted by Gasteiger charge is 2.28. The average molecular weight is 255 g/mol. The lowest BCUT2D eigenvalue weighted by atomic mass is 10.1. The standard InChI is InChI=1S/C13H13N5O/c14-6-10-2-1-3-11(4-10)8-18-9-12(5-13(18)19)7-16-17-15/h1-4,12H,5,7-9H2. The van der Waals surface area contributed by atoms with Crippen molar-refractivity contribution in [3.8, 4) is 6.07 Å². The highest BCUT2D eigenvalue weighted by molar-refractivity contribution is 5.78. The summed E-state index contributed by atoms with van der Waals surface area (Å²) in [6.07, 6.45) is 0.428. The third kappa shape index (κ3) is 3.24. The summed E-state index contributed by atoms with van der Waals surface area (Å²) in [5.74, 6) is 0.169. The lowest BCUT2D eigenvalue weighted by Gasteiger charge is -2.16. The van der Waals surface area contributed by atoms with Crippen LogP contribution in [0.15, 0.2) is 29.4 Å². The van der Waals surface area contributed by atoms with Crippen LogP contribution in [0.3, 0.4) is 0 Å². The fourth-order valence-electron chi connectivity index (χ4n) is 2.24. The molecule has 1 saturated heterocycles. The second kappa shape index (κ2) is 5.89. The maximum absolute atomic E-state index is 11.8. The molecule has 1 fully saturated rings. The van der Waals surface area contributed by atoms with Crippen molar-refractivity contribution in [2.45, 2.75) is 13.0 Å². The zero-order valence-corrected chi connectivity index (χ0v) is 10.4. The fourth-order valence-corrected chi connectivity index (χ4v) is 2.24. The molecule has 0 radical (unpaired) electrons. The van der Waals surface area contributed by atoms with E-state index in [-0.39, 0.29) is 11.8 Å². The van der Waals surface area contributed by atoms with Crippen molar-refractivity contribution in [1.29, 1.82) is 5.26 Å². The van der Waals surface area contributed by atoms with Gasteiger partial charge in [0.2, 0.25) is 5.91 Å². The first-order valence-corrected chi connectivity index (χ1v) is 6.00. The molecule has 96 valence electrons. The van der Waals surface area contributed by atoms with Crippen LogP contribution in [0.4, 0.5) is 0 Å². The summed E-state index contributed by atoms with van der Waals surface area (Å²) in [4.78, 5) is 16.3. The number of likely N-dealkylation sites (tertiary alicyclic amines) is 1. The monoisotopic (exact) mass is 255 g/mol. The number of carbonyl (C=O) groups excluding carboxylic acids is 1. The summed E-state index contributed by atoms with van der Waals surface area (Å²) in [5.41, 5.74) is 9.81. The van der Waals surface area contributed by atoms with Gasteiger partial charge < -0.3 is 4.90 Å². The average Bonchev–Trinajstić information content (AvgIpc) is 2.77. The Morgan fingerprint density at radius 1 is 1.58 bits per heavy atom. The summed E-state index contributed by atoms with van der Waals surface area (Å²) in [6, 6.07) is 9.31. The van der Waals surface area contributed by atoms with Gasteiger partial charge in [-0.25, -0.2) is 0 Å². The van der Waals surface area contributed by atoms with E-state index >= 15 is 0 Å². The maximum Gasteiger partial charge on any atom is 0.223 e. The highest BCUT2D eigenvalue weighted by atomic mass is 16.2. The largest absolute Gasteiger partial charge is 0.338 e. The summed E-state index contributed by atoms with van der Waals surface area (Å²) in [7, 11) is 0. The van der Waals surface area contributed by atoms with Crippen LogP contribution in [0.5, 0.6) is 0 Å². The molecule has 0 aliphatic carbocycles. The van der Waals surface area contributed by atoms with Gasteiger partial charge in [-0.2, -0.15) is 5.26 Å². The lowest BCUT2D eigenvalue weighted by Crippen LogP contribution is -2.24. The van der Waals surface area contributed by atoms with E-state index < -0.39 is 0 Å². The van der Waals surface area contributed by atoms with E-state index in [9.17, 15) is 4.79 Å². The molecule has 6 heteroatoms. The van der Waals surface area contributed by atoms with Crippen molar-refractivity contribution in [3.05, 3.63) is 45.8 Å². The minimum Gasteiger partial charge on any atom is -0.338 e. The van der Waals surface area contributed by atoms with Gasteiger partial charge in [-0.3, -0.25) is 4.79 Å². The Morgan fingerprint density at radius 2 is 2.42 bits per heavy atom. The summed E-state index contributed by atoms with van der Waals surface area (Å²) in [5, 5.41) is 12.4. The molecule has 1 unspecified atom stereocenters. The van der Waals surface area contributed by atoms with Crippen molar-refractivity contribution in [2.24, 2.45) is 11.0 Å². The Morgan fingerprint density at radius 3 is 3.16 bits per heavy atom. The molecule has 1 heterocycles. The fraction of sp³-hybridized carbons (Fsp3) is 0.385. The molecule has 0 bridgehead atoms. The van der Waals surface area contributed by atoms with Crippen LogP contribution in [-0.2, 0) is 11.3 Å². The van der Waals surface area contributed by atoms with E-state index in [0.29, 0.717) is 31.6 Å². The molecule has 6 nitrogen and oxygen atoms in total. The molecule has 1 amide bonds. The van der Waals surface area contributed by atoms with Gasteiger partial charge in [0.05, 0.1) is 11.6 Å². The third-order valence-corrected chi connectivity index (χ3v) is 3.13. The second-order valence-corrected chi connectivity index (χ2v) is 4.57. The molecule has 1 aromatic carbocycles. The Hall–Kier alpha value is -2.51. The predicted molar refractivity (Wildman–Crippen MR) is 68.7 cm³/mol.